The Morgan fingerprint density at radius 1 is 1.00 bits per heavy atom. The van der Waals surface area contributed by atoms with Gasteiger partial charge >= 0.3 is 0 Å². The summed E-state index contributed by atoms with van der Waals surface area (Å²) in [4.78, 5) is 6.94. The number of benzene rings is 1. The predicted octanol–water partition coefficient (Wildman–Crippen LogP) is 3.53. The first-order valence-corrected chi connectivity index (χ1v) is 9.41. The maximum Gasteiger partial charge on any atom is 0.298 e. The highest BCUT2D eigenvalue weighted by molar-refractivity contribution is 5.74. The number of aryl methyl sites for hydroxylation is 1. The lowest BCUT2D eigenvalue weighted by Gasteiger charge is -2.31. The van der Waals surface area contributed by atoms with Crippen molar-refractivity contribution in [2.24, 2.45) is 0 Å². The quantitative estimate of drug-likeness (QED) is 0.716. The van der Waals surface area contributed by atoms with Gasteiger partial charge < -0.3 is 13.9 Å². The number of hydrogen-bond acceptors (Lipinski definition) is 5. The van der Waals surface area contributed by atoms with Crippen LogP contribution in [0.4, 0.5) is 6.01 Å². The summed E-state index contributed by atoms with van der Waals surface area (Å²) in [6, 6.07) is 8.70. The summed E-state index contributed by atoms with van der Waals surface area (Å²) in [6.45, 7) is 2.96. The summed E-state index contributed by atoms with van der Waals surface area (Å²) in [7, 11) is 0. The molecule has 1 atom stereocenters. The van der Waals surface area contributed by atoms with Crippen molar-refractivity contribution < 1.29 is 4.42 Å². The standard InChI is InChI=1S/C19H23N5O/c1-2-10-17-21-22-18(24(17)12-5-1)14-7-6-11-23(13-14)19-20-15-8-3-4-9-16(15)25-19/h3-4,8-9,14H,1-2,5-7,10-13H2. The van der Waals surface area contributed by atoms with E-state index in [2.05, 4.69) is 24.6 Å². The van der Waals surface area contributed by atoms with Crippen LogP contribution < -0.4 is 4.90 Å². The molecule has 0 radical (unpaired) electrons. The lowest BCUT2D eigenvalue weighted by atomic mass is 9.97. The maximum absolute atomic E-state index is 5.98. The van der Waals surface area contributed by atoms with Crippen LogP contribution in [-0.4, -0.2) is 32.8 Å². The minimum atomic E-state index is 0.406. The highest BCUT2D eigenvalue weighted by Crippen LogP contribution is 2.31. The van der Waals surface area contributed by atoms with E-state index in [1.54, 1.807) is 0 Å². The summed E-state index contributed by atoms with van der Waals surface area (Å²) < 4.78 is 8.36. The van der Waals surface area contributed by atoms with Crippen LogP contribution in [-0.2, 0) is 13.0 Å². The molecule has 130 valence electrons. The van der Waals surface area contributed by atoms with Crippen LogP contribution in [0.15, 0.2) is 28.7 Å². The van der Waals surface area contributed by atoms with E-state index in [4.69, 9.17) is 4.42 Å². The second-order valence-electron chi connectivity index (χ2n) is 7.19. The van der Waals surface area contributed by atoms with E-state index in [1.807, 2.05) is 24.3 Å². The zero-order valence-corrected chi connectivity index (χ0v) is 14.4. The molecule has 2 aliphatic rings. The van der Waals surface area contributed by atoms with Gasteiger partial charge in [0, 0.05) is 32.0 Å². The van der Waals surface area contributed by atoms with Crippen LogP contribution in [0.1, 0.15) is 49.7 Å². The van der Waals surface area contributed by atoms with Gasteiger partial charge in [-0.15, -0.1) is 10.2 Å². The Hall–Kier alpha value is -2.37. The van der Waals surface area contributed by atoms with Crippen molar-refractivity contribution in [3.05, 3.63) is 35.9 Å². The van der Waals surface area contributed by atoms with Crippen molar-refractivity contribution in [3.63, 3.8) is 0 Å². The lowest BCUT2D eigenvalue weighted by Crippen LogP contribution is -2.35. The average Bonchev–Trinajstić information content (AvgIpc) is 3.19. The monoisotopic (exact) mass is 337 g/mol. The van der Waals surface area contributed by atoms with Crippen LogP contribution in [0, 0.1) is 0 Å². The molecule has 4 heterocycles. The first-order chi connectivity index (χ1) is 12.4. The first-order valence-electron chi connectivity index (χ1n) is 9.41. The molecule has 1 aromatic carbocycles. The van der Waals surface area contributed by atoms with Crippen LogP contribution in [0.25, 0.3) is 11.1 Å². The number of hydrogen-bond donors (Lipinski definition) is 0. The fourth-order valence-electron chi connectivity index (χ4n) is 4.17. The van der Waals surface area contributed by atoms with Crippen LogP contribution in [0.2, 0.25) is 0 Å². The van der Waals surface area contributed by atoms with Gasteiger partial charge in [-0.2, -0.15) is 4.98 Å². The Balaban J connectivity index is 1.42. The summed E-state index contributed by atoms with van der Waals surface area (Å²) in [5.41, 5.74) is 1.78. The summed E-state index contributed by atoms with van der Waals surface area (Å²) in [5.74, 6) is 2.74. The highest BCUT2D eigenvalue weighted by Gasteiger charge is 2.29. The Morgan fingerprint density at radius 3 is 2.92 bits per heavy atom. The number of fused-ring (bicyclic) bond motifs is 2. The molecule has 2 aromatic heterocycles. The van der Waals surface area contributed by atoms with Crippen molar-refractivity contribution in [3.8, 4) is 0 Å². The molecule has 5 rings (SSSR count). The molecule has 1 unspecified atom stereocenters. The van der Waals surface area contributed by atoms with Crippen LogP contribution >= 0.6 is 0 Å². The Kier molecular flexibility index (Phi) is 3.68. The average molecular weight is 337 g/mol. The molecular formula is C19H23N5O. The van der Waals surface area contributed by atoms with E-state index >= 15 is 0 Å². The summed E-state index contributed by atoms with van der Waals surface area (Å²) >= 11 is 0. The van der Waals surface area contributed by atoms with E-state index in [1.165, 1.54) is 25.1 Å². The SMILES string of the molecule is c1ccc2oc(N3CCCC(c4nnc5n4CCCCC5)C3)nc2c1. The van der Waals surface area contributed by atoms with E-state index in [-0.39, 0.29) is 0 Å². The number of nitrogens with zero attached hydrogens (tertiary/aromatic N) is 5. The first kappa shape index (κ1) is 14.9. The number of aromatic nitrogens is 4. The zero-order valence-electron chi connectivity index (χ0n) is 14.4. The number of anilines is 1. The smallest absolute Gasteiger partial charge is 0.298 e. The van der Waals surface area contributed by atoms with Gasteiger partial charge in [-0.25, -0.2) is 0 Å². The fraction of sp³-hybridized carbons (Fsp3) is 0.526. The fourth-order valence-corrected chi connectivity index (χ4v) is 4.17. The number of para-hydroxylation sites is 2. The molecule has 6 heteroatoms. The van der Waals surface area contributed by atoms with Gasteiger partial charge in [-0.3, -0.25) is 0 Å². The number of piperidine rings is 1. The van der Waals surface area contributed by atoms with E-state index in [0.29, 0.717) is 5.92 Å². The maximum atomic E-state index is 5.98. The second kappa shape index (κ2) is 6.17. The van der Waals surface area contributed by atoms with Crippen molar-refractivity contribution >= 4 is 17.1 Å². The molecule has 6 nitrogen and oxygen atoms in total. The summed E-state index contributed by atoms with van der Waals surface area (Å²) in [6.07, 6.45) is 7.12. The van der Waals surface area contributed by atoms with Gasteiger partial charge in [0.25, 0.3) is 6.01 Å². The molecule has 1 fully saturated rings. The van der Waals surface area contributed by atoms with Gasteiger partial charge in [-0.1, -0.05) is 18.6 Å². The Labute approximate surface area is 146 Å². The Morgan fingerprint density at radius 2 is 1.96 bits per heavy atom. The van der Waals surface area contributed by atoms with Crippen molar-refractivity contribution in [1.29, 1.82) is 0 Å². The van der Waals surface area contributed by atoms with Crippen LogP contribution in [0.5, 0.6) is 0 Å². The lowest BCUT2D eigenvalue weighted by molar-refractivity contribution is 0.441. The van der Waals surface area contributed by atoms with Crippen molar-refractivity contribution in [1.82, 2.24) is 19.7 Å². The van der Waals surface area contributed by atoms with Gasteiger partial charge in [0.2, 0.25) is 0 Å². The van der Waals surface area contributed by atoms with Gasteiger partial charge in [0.15, 0.2) is 5.58 Å². The summed E-state index contributed by atoms with van der Waals surface area (Å²) in [5, 5.41) is 9.05. The third-order valence-corrected chi connectivity index (χ3v) is 5.48. The second-order valence-corrected chi connectivity index (χ2v) is 7.19. The zero-order chi connectivity index (χ0) is 16.6. The molecule has 0 amide bonds. The van der Waals surface area contributed by atoms with E-state index < -0.39 is 0 Å². The molecular weight excluding hydrogens is 314 g/mol. The minimum absolute atomic E-state index is 0.406. The molecule has 0 N–H and O–H groups in total. The molecule has 0 saturated carbocycles. The third kappa shape index (κ3) is 2.69. The van der Waals surface area contributed by atoms with E-state index in [0.717, 1.165) is 61.8 Å². The minimum Gasteiger partial charge on any atom is -0.423 e. The molecule has 2 aliphatic heterocycles. The van der Waals surface area contributed by atoms with Gasteiger partial charge in [0.1, 0.15) is 17.2 Å². The molecule has 1 saturated heterocycles. The van der Waals surface area contributed by atoms with E-state index in [9.17, 15) is 0 Å². The molecule has 3 aromatic rings. The van der Waals surface area contributed by atoms with Gasteiger partial charge in [-0.05, 0) is 37.8 Å². The molecule has 25 heavy (non-hydrogen) atoms. The normalized spacial score (nSPS) is 21.3. The van der Waals surface area contributed by atoms with Gasteiger partial charge in [0.05, 0.1) is 0 Å². The van der Waals surface area contributed by atoms with Crippen LogP contribution in [0.3, 0.4) is 0 Å². The number of rotatable bonds is 2. The third-order valence-electron chi connectivity index (χ3n) is 5.48. The largest absolute Gasteiger partial charge is 0.423 e. The predicted molar refractivity (Wildman–Crippen MR) is 95.8 cm³/mol. The van der Waals surface area contributed by atoms with Crippen molar-refractivity contribution in [2.45, 2.75) is 51.0 Å². The molecule has 0 spiro atoms. The highest BCUT2D eigenvalue weighted by atomic mass is 16.4. The molecule has 0 bridgehead atoms. The molecule has 0 aliphatic carbocycles. The Bertz CT molecular complexity index is 850. The topological polar surface area (TPSA) is 60.0 Å². The van der Waals surface area contributed by atoms with Crippen molar-refractivity contribution in [2.75, 3.05) is 18.0 Å². The number of oxazole rings is 1.